The van der Waals surface area contributed by atoms with Crippen molar-refractivity contribution < 1.29 is 0 Å². The molecule has 0 radical (unpaired) electrons. The highest BCUT2D eigenvalue weighted by molar-refractivity contribution is 7.22. The smallest absolute Gasteiger partial charge is 0.252 e. The summed E-state index contributed by atoms with van der Waals surface area (Å²) in [5.41, 5.74) is 19.5. The molecule has 0 amide bonds. The van der Waals surface area contributed by atoms with Crippen molar-refractivity contribution in [1.29, 1.82) is 0 Å². The van der Waals surface area contributed by atoms with Gasteiger partial charge in [-0.15, -0.1) is 0 Å². The van der Waals surface area contributed by atoms with E-state index in [1.807, 2.05) is 0 Å². The summed E-state index contributed by atoms with van der Waals surface area (Å²) in [6.45, 7) is 23.3. The van der Waals surface area contributed by atoms with Crippen molar-refractivity contribution in [3.05, 3.63) is 198 Å². The largest absolute Gasteiger partial charge is 0.311 e. The Hall–Kier alpha value is -6.36. The third kappa shape index (κ3) is 6.35. The van der Waals surface area contributed by atoms with Gasteiger partial charge in [0.15, 0.2) is 8.07 Å². The molecule has 4 heteroatoms. The van der Waals surface area contributed by atoms with Gasteiger partial charge in [-0.05, 0) is 142 Å². The van der Waals surface area contributed by atoms with Gasteiger partial charge in [0.2, 0.25) is 0 Å². The molecule has 0 fully saturated rings. The van der Waals surface area contributed by atoms with Crippen LogP contribution in [-0.2, 0) is 16.2 Å². The Kier molecular flexibility index (Phi) is 9.27. The minimum Gasteiger partial charge on any atom is -0.311 e. The third-order valence-corrected chi connectivity index (χ3v) is 19.5. The van der Waals surface area contributed by atoms with Gasteiger partial charge in [-0.3, -0.25) is 0 Å². The van der Waals surface area contributed by atoms with Gasteiger partial charge in [0.05, 0.1) is 0 Å². The normalized spacial score (nSPS) is 14.6. The summed E-state index contributed by atoms with van der Waals surface area (Å²) in [5.74, 6) is 0. The molecule has 2 nitrogen and oxygen atoms in total. The number of hydrogen-bond acceptors (Lipinski definition) is 2. The van der Waals surface area contributed by atoms with E-state index in [0.717, 1.165) is 0 Å². The van der Waals surface area contributed by atoms with Crippen molar-refractivity contribution >= 4 is 86.0 Å². The molecule has 3 aliphatic heterocycles. The Morgan fingerprint density at radius 1 is 0.385 bits per heavy atom. The molecule has 0 aromatic heterocycles. The highest BCUT2D eigenvalue weighted by Crippen LogP contribution is 2.46. The molecule has 0 spiro atoms. The number of hydrogen-bond donors (Lipinski definition) is 0. The molecule has 8 aromatic carbocycles. The van der Waals surface area contributed by atoms with Gasteiger partial charge < -0.3 is 9.80 Å². The van der Waals surface area contributed by atoms with Crippen LogP contribution >= 0.6 is 0 Å². The molecule has 320 valence electrons. The van der Waals surface area contributed by atoms with Gasteiger partial charge in [0, 0.05) is 34.1 Å². The van der Waals surface area contributed by atoms with Crippen molar-refractivity contribution in [3.63, 3.8) is 0 Å². The topological polar surface area (TPSA) is 6.48 Å². The van der Waals surface area contributed by atoms with E-state index in [1.165, 1.54) is 105 Å². The zero-order valence-corrected chi connectivity index (χ0v) is 40.7. The summed E-state index contributed by atoms with van der Waals surface area (Å²) in [4.78, 5) is 5.20. The maximum absolute atomic E-state index is 2.75. The summed E-state index contributed by atoms with van der Waals surface area (Å²) < 4.78 is 0. The van der Waals surface area contributed by atoms with E-state index in [9.17, 15) is 0 Å². The van der Waals surface area contributed by atoms with Crippen molar-refractivity contribution in [2.45, 2.75) is 85.5 Å². The van der Waals surface area contributed by atoms with E-state index in [4.69, 9.17) is 0 Å². The maximum atomic E-state index is 2.62. The fourth-order valence-corrected chi connectivity index (χ4v) is 16.5. The quantitative estimate of drug-likeness (QED) is 0.163. The highest BCUT2D eigenvalue weighted by Gasteiger charge is 2.50. The fraction of sp³-hybridized carbons (Fsp3) is 0.213. The van der Waals surface area contributed by atoms with Gasteiger partial charge in [-0.25, -0.2) is 0 Å². The molecule has 0 unspecified atom stereocenters. The van der Waals surface area contributed by atoms with Gasteiger partial charge in [0.25, 0.3) is 6.71 Å². The minimum absolute atomic E-state index is 0.0131. The van der Waals surface area contributed by atoms with E-state index in [1.54, 1.807) is 0 Å². The third-order valence-electron chi connectivity index (χ3n) is 14.6. The predicted molar refractivity (Wildman–Crippen MR) is 284 cm³/mol. The first kappa shape index (κ1) is 41.4. The van der Waals surface area contributed by atoms with E-state index in [0.29, 0.717) is 0 Å². The molecule has 0 saturated carbocycles. The molecule has 0 aliphatic carbocycles. The van der Waals surface area contributed by atoms with Gasteiger partial charge in [0.1, 0.15) is 0 Å². The van der Waals surface area contributed by atoms with Crippen LogP contribution in [0.4, 0.5) is 34.1 Å². The van der Waals surface area contributed by atoms with Gasteiger partial charge >= 0.3 is 0 Å². The lowest BCUT2D eigenvalue weighted by Crippen LogP contribution is -2.72. The van der Waals surface area contributed by atoms with E-state index in [2.05, 4.69) is 255 Å². The number of fused-ring (bicyclic) bond motifs is 7. The second-order valence-electron chi connectivity index (χ2n) is 21.9. The second-order valence-corrected chi connectivity index (χ2v) is 25.7. The standard InChI is InChI=1S/C61H59BN2Si/c1-40-35-54-58-55(36-40)64(45-31-32-49-48-23-17-18-24-56(48)65(57(49)39-45,46-19-13-11-14-20-46)47-21-15-12-16-22-47)52-34-28-42(60(5,6)7)37-51(52)62(58)50-33-27-43(61(8,9)10)38-53(50)63(54)44-29-25-41(26-30-44)59(2,3)4/h11-39H,1-10H3. The highest BCUT2D eigenvalue weighted by atomic mass is 28.3. The molecule has 0 atom stereocenters. The van der Waals surface area contributed by atoms with Crippen molar-refractivity contribution in [3.8, 4) is 11.1 Å². The lowest BCUT2D eigenvalue weighted by molar-refractivity contribution is 0.590. The predicted octanol–water partition coefficient (Wildman–Crippen LogP) is 11.3. The Balaban J connectivity index is 1.22. The molecular weight excluding hydrogens is 800 g/mol. The SMILES string of the molecule is Cc1cc2c3c(c1)N(c1ccc(C(C)(C)C)cc1)c1cc(C(C)(C)C)ccc1B3c1cc(C(C)(C)C)ccc1N2c1ccc2c(c1)[Si](c1ccccc1)(c1ccccc1)c1ccccc1-2. The van der Waals surface area contributed by atoms with Crippen LogP contribution in [0.1, 0.15) is 84.6 Å². The Morgan fingerprint density at radius 2 is 0.892 bits per heavy atom. The molecule has 3 aliphatic rings. The zero-order chi connectivity index (χ0) is 45.2. The van der Waals surface area contributed by atoms with E-state index >= 15 is 0 Å². The summed E-state index contributed by atoms with van der Waals surface area (Å²) in [7, 11) is -2.75. The van der Waals surface area contributed by atoms with Crippen LogP contribution in [0.2, 0.25) is 0 Å². The number of aryl methyl sites for hydroxylation is 1. The van der Waals surface area contributed by atoms with E-state index in [-0.39, 0.29) is 23.0 Å². The monoisotopic (exact) mass is 858 g/mol. The summed E-state index contributed by atoms with van der Waals surface area (Å²) >= 11 is 0. The van der Waals surface area contributed by atoms with Gasteiger partial charge in [-0.1, -0.05) is 190 Å². The molecule has 65 heavy (non-hydrogen) atoms. The van der Waals surface area contributed by atoms with Crippen LogP contribution in [0.25, 0.3) is 11.1 Å². The van der Waals surface area contributed by atoms with Gasteiger partial charge in [-0.2, -0.15) is 0 Å². The molecule has 0 saturated heterocycles. The van der Waals surface area contributed by atoms with Crippen LogP contribution in [0.5, 0.6) is 0 Å². The maximum Gasteiger partial charge on any atom is 0.252 e. The van der Waals surface area contributed by atoms with E-state index < -0.39 is 8.07 Å². The molecule has 8 aromatic rings. The fourth-order valence-electron chi connectivity index (χ4n) is 11.3. The summed E-state index contributed by atoms with van der Waals surface area (Å²) in [6, 6.07) is 68.5. The number of benzene rings is 8. The van der Waals surface area contributed by atoms with Crippen LogP contribution in [0.15, 0.2) is 176 Å². The number of nitrogens with zero attached hydrogens (tertiary/aromatic N) is 2. The summed E-state index contributed by atoms with van der Waals surface area (Å²) in [5, 5.41) is 5.74. The molecule has 0 bridgehead atoms. The summed E-state index contributed by atoms with van der Waals surface area (Å²) in [6.07, 6.45) is 0. The lowest BCUT2D eigenvalue weighted by atomic mass is 9.33. The first-order valence-corrected chi connectivity index (χ1v) is 25.5. The first-order valence-electron chi connectivity index (χ1n) is 23.5. The first-order chi connectivity index (χ1) is 31.0. The molecule has 3 heterocycles. The molecule has 0 N–H and O–H groups in total. The average Bonchev–Trinajstić information content (AvgIpc) is 3.58. The second kappa shape index (κ2) is 14.6. The average molecular weight is 859 g/mol. The van der Waals surface area contributed by atoms with Crippen LogP contribution in [0, 0.1) is 6.92 Å². The number of anilines is 6. The zero-order valence-electron chi connectivity index (χ0n) is 39.7. The van der Waals surface area contributed by atoms with Crippen molar-refractivity contribution in [1.82, 2.24) is 0 Å². The Labute approximate surface area is 388 Å². The van der Waals surface area contributed by atoms with Crippen molar-refractivity contribution in [2.24, 2.45) is 0 Å². The Bertz CT molecular complexity index is 3130. The van der Waals surface area contributed by atoms with Crippen LogP contribution in [-0.4, -0.2) is 14.8 Å². The molecule has 11 rings (SSSR count). The number of rotatable bonds is 4. The lowest BCUT2D eigenvalue weighted by Gasteiger charge is -2.45. The van der Waals surface area contributed by atoms with Crippen LogP contribution in [0.3, 0.4) is 0 Å². The molecular formula is C61H59BN2Si. The minimum atomic E-state index is -2.75. The Morgan fingerprint density at radius 3 is 1.51 bits per heavy atom. The van der Waals surface area contributed by atoms with Crippen LogP contribution < -0.4 is 46.9 Å². The van der Waals surface area contributed by atoms with Crippen molar-refractivity contribution in [2.75, 3.05) is 9.80 Å².